The Kier molecular flexibility index (Phi) is 21.4. The minimum Gasteiger partial charge on any atom is -0.395 e. The maximum atomic E-state index is 8.77. The van der Waals surface area contributed by atoms with Gasteiger partial charge in [-0.25, -0.2) is 0 Å². The van der Waals surface area contributed by atoms with Gasteiger partial charge in [0.1, 0.15) is 0 Å². The van der Waals surface area contributed by atoms with Gasteiger partial charge < -0.3 is 9.84 Å². The van der Waals surface area contributed by atoms with Gasteiger partial charge in [-0.2, -0.15) is 0 Å². The molecule has 0 heterocycles. The highest BCUT2D eigenvalue weighted by Gasteiger charge is 2.01. The van der Waals surface area contributed by atoms with Gasteiger partial charge in [0, 0.05) is 6.61 Å². The van der Waals surface area contributed by atoms with E-state index >= 15 is 0 Å². The maximum absolute atomic E-state index is 8.77. The molecule has 0 aromatic rings. The molecule has 0 aromatic heterocycles. The molecule has 0 aliphatic rings. The smallest absolute Gasteiger partial charge is 0.0800 e. The lowest BCUT2D eigenvalue weighted by Gasteiger charge is -2.07. The molecule has 0 saturated carbocycles. The molecular formula is C21H43ClO2. The summed E-state index contributed by atoms with van der Waals surface area (Å²) < 4.78 is 5.41. The van der Waals surface area contributed by atoms with Gasteiger partial charge in [-0.15, -0.1) is 11.6 Å². The van der Waals surface area contributed by atoms with Crippen molar-refractivity contribution in [2.45, 2.75) is 115 Å². The molecule has 0 radical (unpaired) electrons. The van der Waals surface area contributed by atoms with E-state index in [0.717, 1.165) is 13.0 Å². The van der Waals surface area contributed by atoms with Crippen molar-refractivity contribution in [1.82, 2.24) is 0 Å². The first-order valence-corrected chi connectivity index (χ1v) is 11.1. The van der Waals surface area contributed by atoms with Crippen LogP contribution in [0.4, 0.5) is 0 Å². The number of hydrogen-bond donors (Lipinski definition) is 1. The van der Waals surface area contributed by atoms with E-state index in [9.17, 15) is 0 Å². The number of aliphatic hydroxyl groups is 1. The third-order valence-electron chi connectivity index (χ3n) is 4.64. The van der Waals surface area contributed by atoms with Crippen molar-refractivity contribution < 1.29 is 9.84 Å². The fourth-order valence-electron chi connectivity index (χ4n) is 3.02. The van der Waals surface area contributed by atoms with Gasteiger partial charge in [-0.3, -0.25) is 0 Å². The summed E-state index contributed by atoms with van der Waals surface area (Å²) in [6.45, 7) is 3.53. The first-order valence-electron chi connectivity index (χ1n) is 10.6. The van der Waals surface area contributed by atoms with Crippen LogP contribution in [0, 0.1) is 0 Å². The van der Waals surface area contributed by atoms with Crippen LogP contribution in [0.15, 0.2) is 0 Å². The molecule has 0 spiro atoms. The third-order valence-corrected chi connectivity index (χ3v) is 4.90. The molecule has 0 aliphatic heterocycles. The fraction of sp³-hybridized carbons (Fsp3) is 1.00. The molecule has 0 saturated heterocycles. The quantitative estimate of drug-likeness (QED) is 0.189. The van der Waals surface area contributed by atoms with Crippen LogP contribution < -0.4 is 0 Å². The van der Waals surface area contributed by atoms with E-state index in [1.807, 2.05) is 0 Å². The summed E-state index contributed by atoms with van der Waals surface area (Å²) in [6.07, 6.45) is 22.2. The number of unbranched alkanes of at least 4 members (excludes halogenated alkanes) is 15. The second-order valence-corrected chi connectivity index (χ2v) is 7.78. The van der Waals surface area contributed by atoms with Crippen LogP contribution in [0.25, 0.3) is 0 Å². The Morgan fingerprint density at radius 3 is 1.42 bits per heavy atom. The number of aliphatic hydroxyl groups excluding tert-OH is 1. The Bertz CT molecular complexity index is 224. The Hall–Kier alpha value is 0.210. The SMILES string of the molecule is CCCCCCCCCCCCCCCCCCOCC(Cl)CO. The fourth-order valence-corrected chi connectivity index (χ4v) is 3.11. The summed E-state index contributed by atoms with van der Waals surface area (Å²) in [7, 11) is 0. The predicted molar refractivity (Wildman–Crippen MR) is 107 cm³/mol. The van der Waals surface area contributed by atoms with Crippen molar-refractivity contribution in [3.05, 3.63) is 0 Å². The van der Waals surface area contributed by atoms with E-state index in [4.69, 9.17) is 21.4 Å². The summed E-state index contributed by atoms with van der Waals surface area (Å²) in [5, 5.41) is 8.52. The number of alkyl halides is 1. The highest BCUT2D eigenvalue weighted by molar-refractivity contribution is 6.20. The molecule has 0 fully saturated rings. The number of hydrogen-bond acceptors (Lipinski definition) is 2. The van der Waals surface area contributed by atoms with Crippen molar-refractivity contribution in [2.24, 2.45) is 0 Å². The van der Waals surface area contributed by atoms with E-state index in [1.165, 1.54) is 96.3 Å². The Morgan fingerprint density at radius 1 is 0.667 bits per heavy atom. The molecule has 146 valence electrons. The van der Waals surface area contributed by atoms with Crippen molar-refractivity contribution in [2.75, 3.05) is 19.8 Å². The van der Waals surface area contributed by atoms with E-state index < -0.39 is 0 Å². The van der Waals surface area contributed by atoms with E-state index in [-0.39, 0.29) is 12.0 Å². The number of ether oxygens (including phenoxy) is 1. The molecule has 0 aliphatic carbocycles. The molecule has 0 rings (SSSR count). The standard InChI is InChI=1S/C21H43ClO2/c1-2-3-4-5-6-7-8-9-10-11-12-13-14-15-16-17-18-24-20-21(22)19-23/h21,23H,2-20H2,1H3. The molecule has 3 heteroatoms. The van der Waals surface area contributed by atoms with Gasteiger partial charge in [0.25, 0.3) is 0 Å². The average molecular weight is 363 g/mol. The Balaban J connectivity index is 2.98. The summed E-state index contributed by atoms with van der Waals surface area (Å²) in [6, 6.07) is 0. The maximum Gasteiger partial charge on any atom is 0.0800 e. The second-order valence-electron chi connectivity index (χ2n) is 7.16. The van der Waals surface area contributed by atoms with E-state index in [2.05, 4.69) is 6.92 Å². The lowest BCUT2D eigenvalue weighted by molar-refractivity contribution is 0.115. The summed E-state index contributed by atoms with van der Waals surface area (Å²) in [5.74, 6) is 0. The average Bonchev–Trinajstić information content (AvgIpc) is 2.60. The van der Waals surface area contributed by atoms with Crippen molar-refractivity contribution in [1.29, 1.82) is 0 Å². The summed E-state index contributed by atoms with van der Waals surface area (Å²) >= 11 is 5.77. The van der Waals surface area contributed by atoms with E-state index in [1.54, 1.807) is 0 Å². The van der Waals surface area contributed by atoms with Crippen LogP contribution in [0.3, 0.4) is 0 Å². The van der Waals surface area contributed by atoms with E-state index in [0.29, 0.717) is 6.61 Å². The molecule has 1 unspecified atom stereocenters. The van der Waals surface area contributed by atoms with Gasteiger partial charge >= 0.3 is 0 Å². The van der Waals surface area contributed by atoms with Crippen LogP contribution in [0.1, 0.15) is 110 Å². The molecule has 0 amide bonds. The molecule has 24 heavy (non-hydrogen) atoms. The summed E-state index contributed by atoms with van der Waals surface area (Å²) in [5.41, 5.74) is 0. The minimum absolute atomic E-state index is 0.000510. The van der Waals surface area contributed by atoms with Crippen LogP contribution in [-0.4, -0.2) is 30.3 Å². The van der Waals surface area contributed by atoms with Crippen LogP contribution in [0.5, 0.6) is 0 Å². The van der Waals surface area contributed by atoms with Crippen LogP contribution >= 0.6 is 11.6 Å². The zero-order valence-corrected chi connectivity index (χ0v) is 17.0. The van der Waals surface area contributed by atoms with Crippen LogP contribution in [0.2, 0.25) is 0 Å². The van der Waals surface area contributed by atoms with Crippen molar-refractivity contribution >= 4 is 11.6 Å². The third kappa shape index (κ3) is 20.3. The first-order chi connectivity index (χ1) is 11.8. The predicted octanol–water partition coefficient (Wildman–Crippen LogP) is 6.86. The van der Waals surface area contributed by atoms with Crippen molar-refractivity contribution in [3.63, 3.8) is 0 Å². The normalized spacial score (nSPS) is 12.6. The van der Waals surface area contributed by atoms with Gasteiger partial charge in [-0.05, 0) is 6.42 Å². The molecular weight excluding hydrogens is 320 g/mol. The topological polar surface area (TPSA) is 29.5 Å². The Morgan fingerprint density at radius 2 is 1.04 bits per heavy atom. The molecule has 1 N–H and O–H groups in total. The number of rotatable bonds is 20. The Labute approximate surface area is 156 Å². The van der Waals surface area contributed by atoms with Gasteiger partial charge in [-0.1, -0.05) is 103 Å². The van der Waals surface area contributed by atoms with Gasteiger partial charge in [0.2, 0.25) is 0 Å². The highest BCUT2D eigenvalue weighted by atomic mass is 35.5. The monoisotopic (exact) mass is 362 g/mol. The van der Waals surface area contributed by atoms with Crippen LogP contribution in [-0.2, 0) is 4.74 Å². The molecule has 2 nitrogen and oxygen atoms in total. The van der Waals surface area contributed by atoms with Crippen molar-refractivity contribution in [3.8, 4) is 0 Å². The first kappa shape index (κ1) is 24.2. The zero-order chi connectivity index (χ0) is 17.7. The lowest BCUT2D eigenvalue weighted by Crippen LogP contribution is -2.13. The summed E-state index contributed by atoms with van der Waals surface area (Å²) in [4.78, 5) is 0. The molecule has 0 bridgehead atoms. The molecule has 0 aromatic carbocycles. The van der Waals surface area contributed by atoms with Gasteiger partial charge in [0.05, 0.1) is 18.6 Å². The lowest BCUT2D eigenvalue weighted by atomic mass is 10.0. The highest BCUT2D eigenvalue weighted by Crippen LogP contribution is 2.13. The largest absolute Gasteiger partial charge is 0.395 e. The molecule has 1 atom stereocenters. The second kappa shape index (κ2) is 21.3. The minimum atomic E-state index is -0.244. The van der Waals surface area contributed by atoms with Gasteiger partial charge in [0.15, 0.2) is 0 Å². The number of halogens is 1. The zero-order valence-electron chi connectivity index (χ0n) is 16.2.